The summed E-state index contributed by atoms with van der Waals surface area (Å²) < 4.78 is 27.9. The van der Waals surface area contributed by atoms with Gasteiger partial charge >= 0.3 is 0 Å². The van der Waals surface area contributed by atoms with E-state index in [9.17, 15) is 8.42 Å². The van der Waals surface area contributed by atoms with Gasteiger partial charge in [-0.1, -0.05) is 0 Å². The lowest BCUT2D eigenvalue weighted by molar-refractivity contribution is 0.566. The fourth-order valence-electron chi connectivity index (χ4n) is 2.38. The van der Waals surface area contributed by atoms with Gasteiger partial charge in [0.05, 0.1) is 11.1 Å². The number of anilines is 1. The molecule has 3 N–H and O–H groups in total. The van der Waals surface area contributed by atoms with E-state index >= 15 is 0 Å². The molecular formula is C14H20N4O2S. The summed E-state index contributed by atoms with van der Waals surface area (Å²) in [5.74, 6) is 0. The van der Waals surface area contributed by atoms with Gasteiger partial charge in [-0.3, -0.25) is 5.10 Å². The van der Waals surface area contributed by atoms with Crippen LogP contribution in [0.1, 0.15) is 29.7 Å². The van der Waals surface area contributed by atoms with Crippen molar-refractivity contribution in [1.82, 2.24) is 14.9 Å². The summed E-state index contributed by atoms with van der Waals surface area (Å²) >= 11 is 0. The van der Waals surface area contributed by atoms with Crippen molar-refractivity contribution in [3.05, 3.63) is 41.2 Å². The van der Waals surface area contributed by atoms with Crippen molar-refractivity contribution in [2.45, 2.75) is 31.7 Å². The highest BCUT2D eigenvalue weighted by Crippen LogP contribution is 2.25. The second-order valence-electron chi connectivity index (χ2n) is 5.06. The minimum absolute atomic E-state index is 0.330. The Kier molecular flexibility index (Phi) is 4.34. The van der Waals surface area contributed by atoms with Crippen LogP contribution < -0.4 is 10.0 Å². The van der Waals surface area contributed by atoms with Crippen LogP contribution in [0.3, 0.4) is 0 Å². The van der Waals surface area contributed by atoms with E-state index in [1.807, 2.05) is 19.2 Å². The summed E-state index contributed by atoms with van der Waals surface area (Å²) in [7, 11) is -1.78. The molecule has 0 saturated heterocycles. The average molecular weight is 308 g/mol. The Morgan fingerprint density at radius 1 is 1.24 bits per heavy atom. The number of aromatic amines is 1. The van der Waals surface area contributed by atoms with Gasteiger partial charge in [0.2, 0.25) is 10.0 Å². The molecule has 0 bridgehead atoms. The van der Waals surface area contributed by atoms with Crippen molar-refractivity contribution >= 4 is 15.7 Å². The molecule has 0 radical (unpaired) electrons. The van der Waals surface area contributed by atoms with Crippen molar-refractivity contribution in [1.29, 1.82) is 0 Å². The molecule has 0 saturated carbocycles. The molecule has 0 aliphatic rings. The maximum Gasteiger partial charge on any atom is 0.241 e. The highest BCUT2D eigenvalue weighted by molar-refractivity contribution is 7.89. The summed E-state index contributed by atoms with van der Waals surface area (Å²) in [6.45, 7) is 5.38. The van der Waals surface area contributed by atoms with Crippen LogP contribution >= 0.6 is 0 Å². The molecular weight excluding hydrogens is 288 g/mol. The highest BCUT2D eigenvalue weighted by Gasteiger charge is 2.23. The van der Waals surface area contributed by atoms with E-state index in [1.54, 1.807) is 33.2 Å². The zero-order valence-corrected chi connectivity index (χ0v) is 13.4. The number of H-pyrrole nitrogens is 1. The Morgan fingerprint density at radius 2 is 1.86 bits per heavy atom. The lowest BCUT2D eigenvalue weighted by Crippen LogP contribution is -2.28. The highest BCUT2D eigenvalue weighted by atomic mass is 32.2. The second kappa shape index (κ2) is 5.87. The third-order valence-corrected chi connectivity index (χ3v) is 5.21. The van der Waals surface area contributed by atoms with Gasteiger partial charge in [-0.2, -0.15) is 5.10 Å². The molecule has 1 unspecified atom stereocenters. The predicted molar refractivity (Wildman–Crippen MR) is 82.8 cm³/mol. The summed E-state index contributed by atoms with van der Waals surface area (Å²) in [4.78, 5) is 0.330. The standard InChI is InChI=1S/C14H20N4O2S/c1-9-5-13(15-4)6-10(2)14(9)21(19,20)18-11(3)12-7-16-17-8-12/h5-8,11,15,18H,1-4H3,(H,16,17). The van der Waals surface area contributed by atoms with Gasteiger partial charge in [-0.25, -0.2) is 13.1 Å². The van der Waals surface area contributed by atoms with E-state index in [2.05, 4.69) is 20.2 Å². The summed E-state index contributed by atoms with van der Waals surface area (Å²) in [6, 6.07) is 3.30. The van der Waals surface area contributed by atoms with Gasteiger partial charge in [-0.15, -0.1) is 0 Å². The van der Waals surface area contributed by atoms with Crippen LogP contribution in [-0.2, 0) is 10.0 Å². The van der Waals surface area contributed by atoms with Gasteiger partial charge < -0.3 is 5.32 Å². The Balaban J connectivity index is 2.36. The monoisotopic (exact) mass is 308 g/mol. The largest absolute Gasteiger partial charge is 0.388 e. The molecule has 0 fully saturated rings. The summed E-state index contributed by atoms with van der Waals surface area (Å²) in [5, 5.41) is 9.54. The molecule has 7 heteroatoms. The van der Waals surface area contributed by atoms with Crippen molar-refractivity contribution in [3.63, 3.8) is 0 Å². The van der Waals surface area contributed by atoms with Crippen LogP contribution in [0.4, 0.5) is 5.69 Å². The lowest BCUT2D eigenvalue weighted by Gasteiger charge is -2.17. The summed E-state index contributed by atoms with van der Waals surface area (Å²) in [5.41, 5.74) is 3.12. The number of nitrogens with one attached hydrogen (secondary N) is 3. The number of rotatable bonds is 5. The van der Waals surface area contributed by atoms with Gasteiger partial charge in [0.15, 0.2) is 0 Å². The van der Waals surface area contributed by atoms with Crippen LogP contribution in [0.5, 0.6) is 0 Å². The topological polar surface area (TPSA) is 86.9 Å². The van der Waals surface area contributed by atoms with E-state index < -0.39 is 10.0 Å². The molecule has 2 rings (SSSR count). The van der Waals surface area contributed by atoms with Gasteiger partial charge in [0, 0.05) is 30.5 Å². The molecule has 114 valence electrons. The molecule has 1 aromatic heterocycles. The Labute approximate surface area is 125 Å². The van der Waals surface area contributed by atoms with Crippen molar-refractivity contribution < 1.29 is 8.42 Å². The minimum atomic E-state index is -3.59. The first-order chi connectivity index (χ1) is 9.85. The second-order valence-corrected chi connectivity index (χ2v) is 6.71. The van der Waals surface area contributed by atoms with E-state index in [0.717, 1.165) is 11.3 Å². The van der Waals surface area contributed by atoms with Crippen LogP contribution in [0.2, 0.25) is 0 Å². The zero-order valence-electron chi connectivity index (χ0n) is 12.6. The van der Waals surface area contributed by atoms with Gasteiger partial charge in [0.1, 0.15) is 0 Å². The summed E-state index contributed by atoms with van der Waals surface area (Å²) in [6.07, 6.45) is 3.29. The number of hydrogen-bond acceptors (Lipinski definition) is 4. The molecule has 2 aromatic rings. The first-order valence-electron chi connectivity index (χ1n) is 6.65. The Morgan fingerprint density at radius 3 is 2.33 bits per heavy atom. The van der Waals surface area contributed by atoms with Crippen LogP contribution in [0, 0.1) is 13.8 Å². The number of nitrogens with zero attached hydrogens (tertiary/aromatic N) is 1. The Bertz CT molecular complexity index is 700. The fourth-order valence-corrected chi connectivity index (χ4v) is 4.06. The van der Waals surface area contributed by atoms with E-state index in [4.69, 9.17) is 0 Å². The third kappa shape index (κ3) is 3.25. The van der Waals surface area contributed by atoms with Crippen molar-refractivity contribution in [2.75, 3.05) is 12.4 Å². The van der Waals surface area contributed by atoms with Crippen molar-refractivity contribution in [2.24, 2.45) is 0 Å². The lowest BCUT2D eigenvalue weighted by atomic mass is 10.1. The number of aryl methyl sites for hydroxylation is 2. The molecule has 21 heavy (non-hydrogen) atoms. The van der Waals surface area contributed by atoms with Crippen LogP contribution in [0.25, 0.3) is 0 Å². The van der Waals surface area contributed by atoms with Crippen molar-refractivity contribution in [3.8, 4) is 0 Å². The third-order valence-electron chi connectivity index (χ3n) is 3.37. The number of hydrogen-bond donors (Lipinski definition) is 3. The molecule has 0 amide bonds. The quantitative estimate of drug-likeness (QED) is 0.789. The number of aromatic nitrogens is 2. The normalized spacial score (nSPS) is 13.1. The molecule has 0 aliphatic heterocycles. The first kappa shape index (κ1) is 15.5. The predicted octanol–water partition coefficient (Wildman–Crippen LogP) is 2.11. The molecule has 0 spiro atoms. The van der Waals surface area contributed by atoms with E-state index in [1.165, 1.54) is 0 Å². The average Bonchev–Trinajstić information content (AvgIpc) is 2.90. The SMILES string of the molecule is CNc1cc(C)c(S(=O)(=O)NC(C)c2cn[nH]c2)c(C)c1. The maximum absolute atomic E-state index is 12.6. The van der Waals surface area contributed by atoms with E-state index in [-0.39, 0.29) is 6.04 Å². The fraction of sp³-hybridized carbons (Fsp3) is 0.357. The zero-order chi connectivity index (χ0) is 15.6. The molecule has 0 aliphatic carbocycles. The molecule has 1 atom stereocenters. The van der Waals surface area contributed by atoms with Crippen LogP contribution in [0.15, 0.2) is 29.4 Å². The Hall–Kier alpha value is -1.86. The minimum Gasteiger partial charge on any atom is -0.388 e. The molecule has 6 nitrogen and oxygen atoms in total. The van der Waals surface area contributed by atoms with Gasteiger partial charge in [-0.05, 0) is 44.0 Å². The maximum atomic E-state index is 12.6. The number of sulfonamides is 1. The molecule has 1 heterocycles. The smallest absolute Gasteiger partial charge is 0.241 e. The van der Waals surface area contributed by atoms with Gasteiger partial charge in [0.25, 0.3) is 0 Å². The molecule has 1 aromatic carbocycles. The van der Waals surface area contributed by atoms with E-state index in [0.29, 0.717) is 16.0 Å². The van der Waals surface area contributed by atoms with Crippen LogP contribution in [-0.4, -0.2) is 25.7 Å². The first-order valence-corrected chi connectivity index (χ1v) is 8.13. The number of benzene rings is 1.